The van der Waals surface area contributed by atoms with Crippen molar-refractivity contribution in [3.63, 3.8) is 0 Å². The molecule has 114 valence electrons. The second-order valence-electron chi connectivity index (χ2n) is 5.67. The van der Waals surface area contributed by atoms with Gasteiger partial charge in [0.1, 0.15) is 0 Å². The highest BCUT2D eigenvalue weighted by molar-refractivity contribution is 5.93. The normalized spacial score (nSPS) is 16.1. The lowest BCUT2D eigenvalue weighted by atomic mass is 9.94. The first kappa shape index (κ1) is 15.4. The maximum Gasteiger partial charge on any atom is 0.274 e. The van der Waals surface area contributed by atoms with Gasteiger partial charge in [0, 0.05) is 29.8 Å². The molecule has 0 heterocycles. The van der Waals surface area contributed by atoms with Crippen LogP contribution in [0.25, 0.3) is 0 Å². The Balaban J connectivity index is 2.18. The molecule has 1 saturated carbocycles. The fraction of sp³-hybridized carbons (Fsp3) is 0.533. The van der Waals surface area contributed by atoms with Gasteiger partial charge in [0.2, 0.25) is 5.91 Å². The summed E-state index contributed by atoms with van der Waals surface area (Å²) in [5.74, 6) is -0.648. The monoisotopic (exact) mass is 291 g/mol. The highest BCUT2D eigenvalue weighted by Crippen LogP contribution is 2.26. The minimum absolute atomic E-state index is 0.0334. The van der Waals surface area contributed by atoms with E-state index in [-0.39, 0.29) is 11.3 Å². The number of nitrogens with zero attached hydrogens (tertiary/aromatic N) is 2. The lowest BCUT2D eigenvalue weighted by molar-refractivity contribution is -0.385. The third kappa shape index (κ3) is 3.78. The molecule has 6 heteroatoms. The van der Waals surface area contributed by atoms with Gasteiger partial charge in [0.25, 0.3) is 5.69 Å². The zero-order chi connectivity index (χ0) is 15.4. The average Bonchev–Trinajstić information content (AvgIpc) is 2.48. The zero-order valence-corrected chi connectivity index (χ0v) is 12.2. The van der Waals surface area contributed by atoms with Crippen LogP contribution in [0.15, 0.2) is 18.2 Å². The van der Waals surface area contributed by atoms with Gasteiger partial charge in [-0.25, -0.2) is 0 Å². The van der Waals surface area contributed by atoms with Crippen molar-refractivity contribution in [3.05, 3.63) is 39.4 Å². The molecule has 2 rings (SSSR count). The highest BCUT2D eigenvalue weighted by atomic mass is 16.6. The molecular formula is C15H21N3O3. The number of primary amides is 1. The molecule has 1 aromatic carbocycles. The lowest BCUT2D eigenvalue weighted by Gasteiger charge is -2.31. The van der Waals surface area contributed by atoms with Gasteiger partial charge in [0.05, 0.1) is 4.92 Å². The van der Waals surface area contributed by atoms with E-state index in [9.17, 15) is 14.9 Å². The van der Waals surface area contributed by atoms with E-state index in [0.29, 0.717) is 18.2 Å². The van der Waals surface area contributed by atoms with Gasteiger partial charge in [-0.1, -0.05) is 25.3 Å². The van der Waals surface area contributed by atoms with Gasteiger partial charge in [-0.3, -0.25) is 19.8 Å². The fourth-order valence-corrected chi connectivity index (χ4v) is 2.94. The van der Waals surface area contributed by atoms with E-state index in [0.717, 1.165) is 12.8 Å². The first-order chi connectivity index (χ1) is 9.99. The molecule has 1 fully saturated rings. The van der Waals surface area contributed by atoms with Crippen LogP contribution in [0.5, 0.6) is 0 Å². The molecule has 2 N–H and O–H groups in total. The summed E-state index contributed by atoms with van der Waals surface area (Å²) in [6.07, 6.45) is 6.00. The number of carbonyl (C=O) groups excluding carboxylic acids is 1. The van der Waals surface area contributed by atoms with Crippen LogP contribution in [0.4, 0.5) is 5.69 Å². The molecule has 0 radical (unpaired) electrons. The highest BCUT2D eigenvalue weighted by Gasteiger charge is 2.22. The summed E-state index contributed by atoms with van der Waals surface area (Å²) in [6, 6.07) is 4.94. The number of hydrogen-bond donors (Lipinski definition) is 1. The van der Waals surface area contributed by atoms with Crippen LogP contribution in [0, 0.1) is 10.1 Å². The Bertz CT molecular complexity index is 539. The quantitative estimate of drug-likeness (QED) is 0.666. The van der Waals surface area contributed by atoms with Gasteiger partial charge in [-0.05, 0) is 26.0 Å². The van der Waals surface area contributed by atoms with Crippen LogP contribution < -0.4 is 5.73 Å². The van der Waals surface area contributed by atoms with Gasteiger partial charge in [0.15, 0.2) is 0 Å². The van der Waals surface area contributed by atoms with Crippen LogP contribution in [0.1, 0.15) is 48.0 Å². The van der Waals surface area contributed by atoms with Gasteiger partial charge in [-0.15, -0.1) is 0 Å². The summed E-state index contributed by atoms with van der Waals surface area (Å²) in [6.45, 7) is 0.514. The van der Waals surface area contributed by atoms with Crippen molar-refractivity contribution in [1.29, 1.82) is 0 Å². The van der Waals surface area contributed by atoms with Crippen LogP contribution in [0.2, 0.25) is 0 Å². The maximum absolute atomic E-state index is 11.2. The lowest BCUT2D eigenvalue weighted by Crippen LogP contribution is -2.33. The molecule has 1 aromatic rings. The summed E-state index contributed by atoms with van der Waals surface area (Å²) < 4.78 is 0. The number of carbonyl (C=O) groups is 1. The molecule has 1 amide bonds. The largest absolute Gasteiger partial charge is 0.366 e. The Kier molecular flexibility index (Phi) is 4.90. The number of hydrogen-bond acceptors (Lipinski definition) is 4. The number of nitro groups is 1. The Labute approximate surface area is 124 Å². The Morgan fingerprint density at radius 1 is 1.38 bits per heavy atom. The van der Waals surface area contributed by atoms with Crippen molar-refractivity contribution in [2.75, 3.05) is 7.05 Å². The number of nitrogens with two attached hydrogens (primary N) is 1. The third-order valence-corrected chi connectivity index (χ3v) is 4.18. The fourth-order valence-electron chi connectivity index (χ4n) is 2.94. The third-order valence-electron chi connectivity index (χ3n) is 4.18. The van der Waals surface area contributed by atoms with Crippen LogP contribution in [-0.4, -0.2) is 28.8 Å². The van der Waals surface area contributed by atoms with E-state index in [1.165, 1.54) is 25.3 Å². The van der Waals surface area contributed by atoms with Crippen molar-refractivity contribution in [3.8, 4) is 0 Å². The Morgan fingerprint density at radius 2 is 2.05 bits per heavy atom. The predicted molar refractivity (Wildman–Crippen MR) is 80.0 cm³/mol. The average molecular weight is 291 g/mol. The minimum Gasteiger partial charge on any atom is -0.366 e. The number of rotatable bonds is 5. The Morgan fingerprint density at radius 3 is 2.62 bits per heavy atom. The second kappa shape index (κ2) is 6.67. The van der Waals surface area contributed by atoms with Crippen LogP contribution in [0.3, 0.4) is 0 Å². The van der Waals surface area contributed by atoms with Crippen molar-refractivity contribution in [2.24, 2.45) is 5.73 Å². The van der Waals surface area contributed by atoms with E-state index >= 15 is 0 Å². The smallest absolute Gasteiger partial charge is 0.274 e. The predicted octanol–water partition coefficient (Wildman–Crippen LogP) is 2.46. The summed E-state index contributed by atoms with van der Waals surface area (Å²) in [4.78, 5) is 24.1. The molecule has 0 spiro atoms. The SMILES string of the molecule is CN(Cc1ccc(C(N)=O)cc1[N+](=O)[O-])C1CCCCC1. The maximum atomic E-state index is 11.2. The topological polar surface area (TPSA) is 89.5 Å². The summed E-state index contributed by atoms with van der Waals surface area (Å²) >= 11 is 0. The molecule has 0 unspecified atom stereocenters. The van der Waals surface area contributed by atoms with Gasteiger partial charge < -0.3 is 5.73 Å². The zero-order valence-electron chi connectivity index (χ0n) is 12.2. The van der Waals surface area contributed by atoms with Crippen molar-refractivity contribution in [1.82, 2.24) is 4.90 Å². The first-order valence-corrected chi connectivity index (χ1v) is 7.26. The molecule has 0 atom stereocenters. The van der Waals surface area contributed by atoms with E-state index in [4.69, 9.17) is 5.73 Å². The van der Waals surface area contributed by atoms with Crippen molar-refractivity contribution < 1.29 is 9.72 Å². The molecule has 21 heavy (non-hydrogen) atoms. The van der Waals surface area contributed by atoms with Crippen molar-refractivity contribution >= 4 is 11.6 Å². The second-order valence-corrected chi connectivity index (χ2v) is 5.67. The summed E-state index contributed by atoms with van der Waals surface area (Å²) in [5, 5.41) is 11.2. The van der Waals surface area contributed by atoms with Gasteiger partial charge >= 0.3 is 0 Å². The van der Waals surface area contributed by atoms with Crippen molar-refractivity contribution in [2.45, 2.75) is 44.7 Å². The summed E-state index contributed by atoms with van der Waals surface area (Å²) in [7, 11) is 2.00. The van der Waals surface area contributed by atoms with Crippen LogP contribution >= 0.6 is 0 Å². The minimum atomic E-state index is -0.648. The molecule has 0 aromatic heterocycles. The molecule has 0 bridgehead atoms. The number of benzene rings is 1. The summed E-state index contributed by atoms with van der Waals surface area (Å²) in [5.41, 5.74) is 5.94. The van der Waals surface area contributed by atoms with E-state index in [1.54, 1.807) is 12.1 Å². The van der Waals surface area contributed by atoms with E-state index < -0.39 is 10.8 Å². The van der Waals surface area contributed by atoms with E-state index in [1.807, 2.05) is 7.05 Å². The van der Waals surface area contributed by atoms with E-state index in [2.05, 4.69) is 4.90 Å². The number of amides is 1. The van der Waals surface area contributed by atoms with Gasteiger partial charge in [-0.2, -0.15) is 0 Å². The number of nitro benzene ring substituents is 1. The first-order valence-electron chi connectivity index (χ1n) is 7.26. The standard InChI is InChI=1S/C15H21N3O3/c1-17(13-5-3-2-4-6-13)10-12-8-7-11(15(16)19)9-14(12)18(20)21/h7-9,13H,2-6,10H2,1H3,(H2,16,19). The molecule has 0 saturated heterocycles. The molecule has 1 aliphatic carbocycles. The molecular weight excluding hydrogens is 270 g/mol. The molecule has 0 aliphatic heterocycles. The van der Waals surface area contributed by atoms with Crippen LogP contribution in [-0.2, 0) is 6.54 Å². The molecule has 6 nitrogen and oxygen atoms in total. The molecule has 1 aliphatic rings. The Hall–Kier alpha value is -1.95.